The highest BCUT2D eigenvalue weighted by atomic mass is 16.3. The van der Waals surface area contributed by atoms with Crippen molar-refractivity contribution in [3.8, 4) is 5.75 Å². The normalized spacial score (nSPS) is 10.2. The van der Waals surface area contributed by atoms with Crippen LogP contribution in [-0.2, 0) is 6.54 Å². The number of phenols is 1. The van der Waals surface area contributed by atoms with Gasteiger partial charge < -0.3 is 15.4 Å². The van der Waals surface area contributed by atoms with E-state index >= 15 is 0 Å². The molecule has 0 spiro atoms. The van der Waals surface area contributed by atoms with Crippen molar-refractivity contribution < 1.29 is 9.90 Å². The fourth-order valence-corrected chi connectivity index (χ4v) is 1.46. The van der Waals surface area contributed by atoms with E-state index in [1.807, 2.05) is 0 Å². The number of benzene rings is 1. The lowest BCUT2D eigenvalue weighted by molar-refractivity contribution is 0.0950. The molecule has 88 valence electrons. The molecule has 0 unspecified atom stereocenters. The van der Waals surface area contributed by atoms with Gasteiger partial charge in [0.1, 0.15) is 11.6 Å². The van der Waals surface area contributed by atoms with Gasteiger partial charge in [-0.1, -0.05) is 0 Å². The summed E-state index contributed by atoms with van der Waals surface area (Å²) in [4.78, 5) is 18.7. The minimum Gasteiger partial charge on any atom is -0.508 e. The minimum atomic E-state index is -0.190. The highest BCUT2D eigenvalue weighted by Gasteiger charge is 2.07. The van der Waals surface area contributed by atoms with Crippen molar-refractivity contribution in [3.05, 3.63) is 47.5 Å². The lowest BCUT2D eigenvalue weighted by Gasteiger charge is -2.05. The summed E-state index contributed by atoms with van der Waals surface area (Å²) in [6, 6.07) is 4.74. The van der Waals surface area contributed by atoms with E-state index in [0.717, 1.165) is 0 Å². The van der Waals surface area contributed by atoms with Crippen LogP contribution in [0.15, 0.2) is 30.6 Å². The molecule has 1 amide bonds. The Balaban J connectivity index is 2.02. The van der Waals surface area contributed by atoms with Gasteiger partial charge >= 0.3 is 0 Å². The molecule has 0 atom stereocenters. The zero-order valence-corrected chi connectivity index (χ0v) is 9.40. The molecule has 2 rings (SSSR count). The number of aromatic amines is 1. The van der Waals surface area contributed by atoms with E-state index in [1.165, 1.54) is 6.07 Å². The highest BCUT2D eigenvalue weighted by Crippen LogP contribution is 2.16. The number of imidazole rings is 1. The average molecular weight is 231 g/mol. The van der Waals surface area contributed by atoms with Crippen molar-refractivity contribution in [1.82, 2.24) is 15.3 Å². The maximum atomic E-state index is 11.8. The Morgan fingerprint density at radius 1 is 1.53 bits per heavy atom. The molecule has 1 aromatic carbocycles. The Hall–Kier alpha value is -2.30. The van der Waals surface area contributed by atoms with E-state index < -0.39 is 0 Å². The van der Waals surface area contributed by atoms with Gasteiger partial charge in [-0.15, -0.1) is 0 Å². The number of aromatic nitrogens is 2. The van der Waals surface area contributed by atoms with Gasteiger partial charge in [0.15, 0.2) is 0 Å². The van der Waals surface area contributed by atoms with Gasteiger partial charge in [0.2, 0.25) is 0 Å². The lowest BCUT2D eigenvalue weighted by atomic mass is 10.1. The molecule has 5 heteroatoms. The van der Waals surface area contributed by atoms with E-state index in [4.69, 9.17) is 0 Å². The first-order valence-electron chi connectivity index (χ1n) is 5.23. The van der Waals surface area contributed by atoms with E-state index in [1.54, 1.807) is 31.5 Å². The molecule has 0 aliphatic heterocycles. The van der Waals surface area contributed by atoms with Crippen LogP contribution in [0.4, 0.5) is 0 Å². The van der Waals surface area contributed by atoms with E-state index in [0.29, 0.717) is 23.5 Å². The zero-order valence-electron chi connectivity index (χ0n) is 9.40. The molecule has 0 fully saturated rings. The van der Waals surface area contributed by atoms with Gasteiger partial charge in [0, 0.05) is 18.0 Å². The number of rotatable bonds is 3. The Kier molecular flexibility index (Phi) is 3.09. The summed E-state index contributed by atoms with van der Waals surface area (Å²) >= 11 is 0. The van der Waals surface area contributed by atoms with Gasteiger partial charge in [0.05, 0.1) is 6.54 Å². The zero-order chi connectivity index (χ0) is 12.3. The van der Waals surface area contributed by atoms with Crippen molar-refractivity contribution in [2.24, 2.45) is 0 Å². The van der Waals surface area contributed by atoms with Crippen molar-refractivity contribution >= 4 is 5.91 Å². The van der Waals surface area contributed by atoms with E-state index in [-0.39, 0.29) is 11.7 Å². The van der Waals surface area contributed by atoms with Crippen LogP contribution in [0.25, 0.3) is 0 Å². The molecule has 1 heterocycles. The van der Waals surface area contributed by atoms with E-state index in [2.05, 4.69) is 15.3 Å². The molecule has 2 aromatic rings. The maximum Gasteiger partial charge on any atom is 0.251 e. The van der Waals surface area contributed by atoms with Crippen molar-refractivity contribution in [1.29, 1.82) is 0 Å². The number of nitrogens with zero attached hydrogens (tertiary/aromatic N) is 1. The molecule has 0 aliphatic carbocycles. The van der Waals surface area contributed by atoms with Crippen molar-refractivity contribution in [2.45, 2.75) is 13.5 Å². The number of carbonyl (C=O) groups excluding carboxylic acids is 1. The molecule has 17 heavy (non-hydrogen) atoms. The summed E-state index contributed by atoms with van der Waals surface area (Å²) in [5, 5.41) is 12.1. The molecule has 0 saturated heterocycles. The molecule has 0 aliphatic rings. The topological polar surface area (TPSA) is 78.0 Å². The third kappa shape index (κ3) is 2.63. The molecular weight excluding hydrogens is 218 g/mol. The Bertz CT molecular complexity index is 521. The summed E-state index contributed by atoms with van der Waals surface area (Å²) in [6.07, 6.45) is 3.33. The summed E-state index contributed by atoms with van der Waals surface area (Å²) in [6.45, 7) is 2.10. The predicted octanol–water partition coefficient (Wildman–Crippen LogP) is 1.35. The molecule has 0 saturated carbocycles. The molecule has 3 N–H and O–H groups in total. The van der Waals surface area contributed by atoms with Gasteiger partial charge in [-0.3, -0.25) is 4.79 Å². The third-order valence-corrected chi connectivity index (χ3v) is 2.43. The second kappa shape index (κ2) is 4.69. The van der Waals surface area contributed by atoms with Crippen LogP contribution in [0, 0.1) is 6.92 Å². The number of amides is 1. The highest BCUT2D eigenvalue weighted by molar-refractivity contribution is 5.94. The third-order valence-electron chi connectivity index (χ3n) is 2.43. The molecular formula is C12H13N3O2. The molecule has 0 bridgehead atoms. The average Bonchev–Trinajstić information content (AvgIpc) is 2.82. The smallest absolute Gasteiger partial charge is 0.251 e. The summed E-state index contributed by atoms with van der Waals surface area (Å²) in [5.74, 6) is 0.700. The summed E-state index contributed by atoms with van der Waals surface area (Å²) < 4.78 is 0. The van der Waals surface area contributed by atoms with Gasteiger partial charge in [-0.25, -0.2) is 4.98 Å². The number of phenolic OH excluding ortho intramolecular Hbond substituents is 1. The number of H-pyrrole nitrogens is 1. The number of aryl methyl sites for hydroxylation is 1. The number of nitrogens with one attached hydrogen (secondary N) is 2. The second-order valence-electron chi connectivity index (χ2n) is 3.72. The van der Waals surface area contributed by atoms with Crippen LogP contribution in [0.3, 0.4) is 0 Å². The van der Waals surface area contributed by atoms with Crippen LogP contribution >= 0.6 is 0 Å². The Labute approximate surface area is 98.5 Å². The first kappa shape index (κ1) is 11.2. The Morgan fingerprint density at radius 2 is 2.35 bits per heavy atom. The standard InChI is InChI=1S/C12H13N3O2/c1-8-6-9(2-3-10(8)16)12(17)15-7-11-13-4-5-14-11/h2-6,16H,7H2,1H3,(H,13,14)(H,15,17). The minimum absolute atomic E-state index is 0.188. The van der Waals surface area contributed by atoms with E-state index in [9.17, 15) is 9.90 Å². The maximum absolute atomic E-state index is 11.8. The Morgan fingerprint density at radius 3 is 3.00 bits per heavy atom. The van der Waals surface area contributed by atoms with Crippen LogP contribution < -0.4 is 5.32 Å². The van der Waals surface area contributed by atoms with Crippen LogP contribution in [0.5, 0.6) is 5.75 Å². The SMILES string of the molecule is Cc1cc(C(=O)NCc2ncc[nH]2)ccc1O. The first-order chi connectivity index (χ1) is 8.16. The van der Waals surface area contributed by atoms with Crippen LogP contribution in [0.2, 0.25) is 0 Å². The van der Waals surface area contributed by atoms with Crippen molar-refractivity contribution in [2.75, 3.05) is 0 Å². The van der Waals surface area contributed by atoms with Crippen LogP contribution in [0.1, 0.15) is 21.7 Å². The molecule has 0 radical (unpaired) electrons. The molecule has 1 aromatic heterocycles. The number of carbonyl (C=O) groups is 1. The largest absolute Gasteiger partial charge is 0.508 e. The fraction of sp³-hybridized carbons (Fsp3) is 0.167. The monoisotopic (exact) mass is 231 g/mol. The van der Waals surface area contributed by atoms with Crippen molar-refractivity contribution in [3.63, 3.8) is 0 Å². The number of aromatic hydroxyl groups is 1. The van der Waals surface area contributed by atoms with Gasteiger partial charge in [0.25, 0.3) is 5.91 Å². The number of hydrogen-bond acceptors (Lipinski definition) is 3. The lowest BCUT2D eigenvalue weighted by Crippen LogP contribution is -2.23. The summed E-state index contributed by atoms with van der Waals surface area (Å²) in [7, 11) is 0. The van der Waals surface area contributed by atoms with Gasteiger partial charge in [-0.05, 0) is 30.7 Å². The summed E-state index contributed by atoms with van der Waals surface area (Å²) in [5.41, 5.74) is 1.20. The quantitative estimate of drug-likeness (QED) is 0.746. The van der Waals surface area contributed by atoms with Gasteiger partial charge in [-0.2, -0.15) is 0 Å². The first-order valence-corrected chi connectivity index (χ1v) is 5.23. The van der Waals surface area contributed by atoms with Crippen LogP contribution in [-0.4, -0.2) is 21.0 Å². The second-order valence-corrected chi connectivity index (χ2v) is 3.72. The molecule has 5 nitrogen and oxygen atoms in total. The number of hydrogen-bond donors (Lipinski definition) is 3. The fourth-order valence-electron chi connectivity index (χ4n) is 1.46. The predicted molar refractivity (Wildman–Crippen MR) is 62.6 cm³/mol.